The van der Waals surface area contributed by atoms with Crippen molar-refractivity contribution in [1.82, 2.24) is 4.90 Å². The molecular formula is C17H24BrNO. The highest BCUT2D eigenvalue weighted by molar-refractivity contribution is 9.09. The molecule has 1 aromatic rings. The molecular weight excluding hydrogens is 314 g/mol. The van der Waals surface area contributed by atoms with E-state index < -0.39 is 0 Å². The van der Waals surface area contributed by atoms with E-state index in [1.807, 2.05) is 19.9 Å². The second kappa shape index (κ2) is 7.26. The Morgan fingerprint density at radius 2 is 1.95 bits per heavy atom. The maximum Gasteiger partial charge on any atom is 0.254 e. The minimum Gasteiger partial charge on any atom is -0.335 e. The van der Waals surface area contributed by atoms with E-state index in [0.717, 1.165) is 41.4 Å². The molecule has 20 heavy (non-hydrogen) atoms. The Labute approximate surface area is 130 Å². The summed E-state index contributed by atoms with van der Waals surface area (Å²) in [7, 11) is 0. The Balaban J connectivity index is 2.23. The van der Waals surface area contributed by atoms with Gasteiger partial charge in [-0.15, -0.1) is 0 Å². The number of alkyl halides is 1. The standard InChI is InChI=1S/C17H24BrNO/c1-13-8-9-14(2)16(12-13)17(20)19(11-10-18)15-6-4-3-5-7-15/h8-9,12,15H,3-7,10-11H2,1-2H3. The van der Waals surface area contributed by atoms with E-state index in [-0.39, 0.29) is 5.91 Å². The molecule has 0 radical (unpaired) electrons. The van der Waals surface area contributed by atoms with E-state index in [1.165, 1.54) is 19.3 Å². The number of benzene rings is 1. The zero-order valence-corrected chi connectivity index (χ0v) is 14.1. The van der Waals surface area contributed by atoms with E-state index in [2.05, 4.69) is 33.0 Å². The lowest BCUT2D eigenvalue weighted by molar-refractivity contribution is 0.0650. The Kier molecular flexibility index (Phi) is 5.64. The Bertz CT molecular complexity index is 466. The molecule has 0 bridgehead atoms. The first kappa shape index (κ1) is 15.6. The highest BCUT2D eigenvalue weighted by Crippen LogP contribution is 2.25. The van der Waals surface area contributed by atoms with E-state index in [1.54, 1.807) is 0 Å². The molecule has 0 aromatic heterocycles. The van der Waals surface area contributed by atoms with Crippen LogP contribution in [-0.2, 0) is 0 Å². The Morgan fingerprint density at radius 1 is 1.25 bits per heavy atom. The highest BCUT2D eigenvalue weighted by Gasteiger charge is 2.26. The van der Waals surface area contributed by atoms with Crippen LogP contribution in [0, 0.1) is 13.8 Å². The number of carbonyl (C=O) groups excluding carboxylic acids is 1. The normalized spacial score (nSPS) is 16.1. The van der Waals surface area contributed by atoms with E-state index >= 15 is 0 Å². The van der Waals surface area contributed by atoms with Crippen LogP contribution >= 0.6 is 15.9 Å². The van der Waals surface area contributed by atoms with Gasteiger partial charge in [0.15, 0.2) is 0 Å². The summed E-state index contributed by atoms with van der Waals surface area (Å²) in [6, 6.07) is 6.58. The third kappa shape index (κ3) is 3.63. The molecule has 0 aliphatic heterocycles. The molecule has 1 saturated carbocycles. The van der Waals surface area contributed by atoms with Crippen molar-refractivity contribution in [2.45, 2.75) is 52.0 Å². The second-order valence-electron chi connectivity index (χ2n) is 5.80. The summed E-state index contributed by atoms with van der Waals surface area (Å²) < 4.78 is 0. The van der Waals surface area contributed by atoms with Crippen LogP contribution in [0.25, 0.3) is 0 Å². The third-order valence-electron chi connectivity index (χ3n) is 4.23. The van der Waals surface area contributed by atoms with Crippen molar-refractivity contribution >= 4 is 21.8 Å². The molecule has 3 heteroatoms. The Hall–Kier alpha value is -0.830. The van der Waals surface area contributed by atoms with Gasteiger partial charge < -0.3 is 4.90 Å². The number of hydrogen-bond donors (Lipinski definition) is 0. The van der Waals surface area contributed by atoms with Crippen LogP contribution in [0.1, 0.15) is 53.6 Å². The predicted molar refractivity (Wildman–Crippen MR) is 87.6 cm³/mol. The van der Waals surface area contributed by atoms with Crippen molar-refractivity contribution in [2.75, 3.05) is 11.9 Å². The first-order valence-corrected chi connectivity index (χ1v) is 8.70. The molecule has 0 spiro atoms. The second-order valence-corrected chi connectivity index (χ2v) is 6.59. The molecule has 0 saturated heterocycles. The van der Waals surface area contributed by atoms with Gasteiger partial charge in [-0.2, -0.15) is 0 Å². The average Bonchev–Trinajstić information content (AvgIpc) is 2.47. The Morgan fingerprint density at radius 3 is 2.60 bits per heavy atom. The number of halogens is 1. The van der Waals surface area contributed by atoms with Gasteiger partial charge in [0.05, 0.1) is 0 Å². The summed E-state index contributed by atoms with van der Waals surface area (Å²) >= 11 is 3.50. The van der Waals surface area contributed by atoms with Crippen molar-refractivity contribution < 1.29 is 4.79 Å². The molecule has 0 heterocycles. The SMILES string of the molecule is Cc1ccc(C)c(C(=O)N(CCBr)C2CCCCC2)c1. The summed E-state index contributed by atoms with van der Waals surface area (Å²) in [5.74, 6) is 0.206. The largest absolute Gasteiger partial charge is 0.335 e. The zero-order chi connectivity index (χ0) is 14.5. The highest BCUT2D eigenvalue weighted by atomic mass is 79.9. The first-order chi connectivity index (χ1) is 9.63. The minimum absolute atomic E-state index is 0.206. The fraction of sp³-hybridized carbons (Fsp3) is 0.588. The summed E-state index contributed by atoms with van der Waals surface area (Å²) in [6.07, 6.45) is 6.14. The lowest BCUT2D eigenvalue weighted by Crippen LogP contribution is -2.42. The number of carbonyl (C=O) groups is 1. The van der Waals surface area contributed by atoms with Crippen molar-refractivity contribution in [3.05, 3.63) is 34.9 Å². The zero-order valence-electron chi connectivity index (χ0n) is 12.5. The summed E-state index contributed by atoms with van der Waals surface area (Å²) in [4.78, 5) is 15.0. The molecule has 0 atom stereocenters. The molecule has 1 aromatic carbocycles. The van der Waals surface area contributed by atoms with Gasteiger partial charge in [0, 0.05) is 23.5 Å². The smallest absolute Gasteiger partial charge is 0.254 e. The van der Waals surface area contributed by atoms with Gasteiger partial charge in [0.2, 0.25) is 0 Å². The van der Waals surface area contributed by atoms with E-state index in [0.29, 0.717) is 6.04 Å². The number of nitrogens with zero attached hydrogens (tertiary/aromatic N) is 1. The van der Waals surface area contributed by atoms with Gasteiger partial charge >= 0.3 is 0 Å². The van der Waals surface area contributed by atoms with Crippen LogP contribution < -0.4 is 0 Å². The summed E-state index contributed by atoms with van der Waals surface area (Å²) in [6.45, 7) is 4.88. The summed E-state index contributed by atoms with van der Waals surface area (Å²) in [5.41, 5.74) is 3.11. The number of rotatable bonds is 4. The van der Waals surface area contributed by atoms with Crippen molar-refractivity contribution in [1.29, 1.82) is 0 Å². The molecule has 1 aliphatic rings. The monoisotopic (exact) mass is 337 g/mol. The van der Waals surface area contributed by atoms with Crippen LogP contribution in [0.5, 0.6) is 0 Å². The van der Waals surface area contributed by atoms with Gasteiger partial charge in [0.25, 0.3) is 5.91 Å². The van der Waals surface area contributed by atoms with Crippen LogP contribution in [0.3, 0.4) is 0 Å². The predicted octanol–water partition coefficient (Wildman–Crippen LogP) is 4.47. The fourth-order valence-electron chi connectivity index (χ4n) is 3.05. The molecule has 2 rings (SSSR count). The van der Waals surface area contributed by atoms with Gasteiger partial charge in [-0.05, 0) is 38.3 Å². The van der Waals surface area contributed by atoms with Crippen molar-refractivity contribution in [3.63, 3.8) is 0 Å². The molecule has 110 valence electrons. The van der Waals surface area contributed by atoms with Gasteiger partial charge in [-0.1, -0.05) is 52.9 Å². The molecule has 0 unspecified atom stereocenters. The topological polar surface area (TPSA) is 20.3 Å². The fourth-order valence-corrected chi connectivity index (χ4v) is 3.44. The molecule has 2 nitrogen and oxygen atoms in total. The van der Waals surface area contributed by atoms with Crippen LogP contribution in [-0.4, -0.2) is 28.7 Å². The van der Waals surface area contributed by atoms with E-state index in [4.69, 9.17) is 0 Å². The lowest BCUT2D eigenvalue weighted by Gasteiger charge is -2.34. The first-order valence-electron chi connectivity index (χ1n) is 7.57. The quantitative estimate of drug-likeness (QED) is 0.742. The lowest BCUT2D eigenvalue weighted by atomic mass is 9.93. The van der Waals surface area contributed by atoms with Gasteiger partial charge in [-0.25, -0.2) is 0 Å². The van der Waals surface area contributed by atoms with Crippen LogP contribution in [0.4, 0.5) is 0 Å². The number of aryl methyl sites for hydroxylation is 2. The molecule has 1 aliphatic carbocycles. The van der Waals surface area contributed by atoms with Crippen molar-refractivity contribution in [2.24, 2.45) is 0 Å². The minimum atomic E-state index is 0.206. The van der Waals surface area contributed by atoms with Gasteiger partial charge in [-0.3, -0.25) is 4.79 Å². The molecule has 1 amide bonds. The maximum atomic E-state index is 12.9. The third-order valence-corrected chi connectivity index (χ3v) is 4.58. The van der Waals surface area contributed by atoms with E-state index in [9.17, 15) is 4.79 Å². The molecule has 1 fully saturated rings. The average molecular weight is 338 g/mol. The van der Waals surface area contributed by atoms with Crippen molar-refractivity contribution in [3.8, 4) is 0 Å². The van der Waals surface area contributed by atoms with Crippen LogP contribution in [0.15, 0.2) is 18.2 Å². The number of hydrogen-bond acceptors (Lipinski definition) is 1. The summed E-state index contributed by atoms with van der Waals surface area (Å²) in [5, 5.41) is 0.847. The van der Waals surface area contributed by atoms with Crippen LogP contribution in [0.2, 0.25) is 0 Å². The molecule has 0 N–H and O–H groups in total. The maximum absolute atomic E-state index is 12.9. The van der Waals surface area contributed by atoms with Gasteiger partial charge in [0.1, 0.15) is 0 Å². The number of amides is 1.